The lowest BCUT2D eigenvalue weighted by Crippen LogP contribution is -1.98. The summed E-state index contributed by atoms with van der Waals surface area (Å²) in [6, 6.07) is 0. The second-order valence-corrected chi connectivity index (χ2v) is 4.10. The Labute approximate surface area is 106 Å². The van der Waals surface area contributed by atoms with Gasteiger partial charge in [-0.15, -0.1) is 0 Å². The summed E-state index contributed by atoms with van der Waals surface area (Å²) in [7, 11) is 0. The molecule has 0 rings (SSSR count). The van der Waals surface area contributed by atoms with Gasteiger partial charge in [-0.05, 0) is 19.8 Å². The first-order valence-electron chi connectivity index (χ1n) is 6.81. The van der Waals surface area contributed by atoms with Gasteiger partial charge < -0.3 is 4.74 Å². The molecule has 0 atom stereocenters. The minimum absolute atomic E-state index is 0.267. The maximum atomic E-state index is 10.9. The molecule has 0 radical (unpaired) electrons. The topological polar surface area (TPSA) is 26.3 Å². The minimum Gasteiger partial charge on any atom is -0.463 e. The Balaban J connectivity index is 3.33. The number of rotatable bonds is 10. The zero-order chi connectivity index (χ0) is 12.8. The Hall–Kier alpha value is -1.05. The Kier molecular flexibility index (Phi) is 12.2. The molecule has 0 aliphatic heterocycles. The lowest BCUT2D eigenvalue weighted by atomic mass is 10.1. The van der Waals surface area contributed by atoms with Gasteiger partial charge >= 0.3 is 5.97 Å². The highest BCUT2D eigenvalue weighted by molar-refractivity contribution is 5.82. The molecule has 0 aromatic heterocycles. The van der Waals surface area contributed by atoms with Crippen LogP contribution in [0, 0.1) is 0 Å². The van der Waals surface area contributed by atoms with Gasteiger partial charge in [0.25, 0.3) is 0 Å². The van der Waals surface area contributed by atoms with Crippen LogP contribution in [0.4, 0.5) is 0 Å². The van der Waals surface area contributed by atoms with E-state index >= 15 is 0 Å². The summed E-state index contributed by atoms with van der Waals surface area (Å²) in [4.78, 5) is 10.9. The maximum absolute atomic E-state index is 10.9. The van der Waals surface area contributed by atoms with Crippen LogP contribution in [0.2, 0.25) is 0 Å². The molecule has 0 aromatic carbocycles. The highest BCUT2D eigenvalue weighted by Gasteiger charge is 1.90. The molecule has 0 aromatic rings. The van der Waals surface area contributed by atoms with E-state index in [9.17, 15) is 4.79 Å². The van der Waals surface area contributed by atoms with Gasteiger partial charge in [-0.25, -0.2) is 4.79 Å². The molecule has 0 aliphatic carbocycles. The number of allylic oxidation sites excluding steroid dienone is 3. The van der Waals surface area contributed by atoms with E-state index < -0.39 is 0 Å². The highest BCUT2D eigenvalue weighted by atomic mass is 16.5. The van der Waals surface area contributed by atoms with Crippen molar-refractivity contribution in [3.8, 4) is 0 Å². The van der Waals surface area contributed by atoms with Crippen LogP contribution in [0.3, 0.4) is 0 Å². The van der Waals surface area contributed by atoms with Gasteiger partial charge in [0.05, 0.1) is 6.61 Å². The van der Waals surface area contributed by atoms with Gasteiger partial charge in [0.1, 0.15) is 0 Å². The molecule has 0 fully saturated rings. The fourth-order valence-corrected chi connectivity index (χ4v) is 1.54. The minimum atomic E-state index is -0.267. The van der Waals surface area contributed by atoms with Crippen molar-refractivity contribution >= 4 is 5.97 Å². The summed E-state index contributed by atoms with van der Waals surface area (Å²) in [5, 5.41) is 0. The normalized spacial score (nSPS) is 11.4. The van der Waals surface area contributed by atoms with Gasteiger partial charge in [0.15, 0.2) is 0 Å². The molecule has 98 valence electrons. The fraction of sp³-hybridized carbons (Fsp3) is 0.667. The zero-order valence-electron chi connectivity index (χ0n) is 11.3. The summed E-state index contributed by atoms with van der Waals surface area (Å²) in [5.74, 6) is -0.267. The largest absolute Gasteiger partial charge is 0.463 e. The number of hydrogen-bond acceptors (Lipinski definition) is 2. The SMILES string of the molecule is CCCCCCCCC=CC=CC(=O)OCC. The van der Waals surface area contributed by atoms with Gasteiger partial charge in [-0.1, -0.05) is 57.3 Å². The van der Waals surface area contributed by atoms with Crippen molar-refractivity contribution in [2.24, 2.45) is 0 Å². The third-order valence-electron chi connectivity index (χ3n) is 2.49. The van der Waals surface area contributed by atoms with Crippen molar-refractivity contribution in [1.29, 1.82) is 0 Å². The predicted molar refractivity (Wildman–Crippen MR) is 72.9 cm³/mol. The smallest absolute Gasteiger partial charge is 0.330 e. The van der Waals surface area contributed by atoms with Crippen molar-refractivity contribution in [2.75, 3.05) is 6.61 Å². The molecule has 2 nitrogen and oxygen atoms in total. The van der Waals surface area contributed by atoms with E-state index in [1.165, 1.54) is 44.6 Å². The first-order valence-corrected chi connectivity index (χ1v) is 6.81. The average molecular weight is 238 g/mol. The van der Waals surface area contributed by atoms with Gasteiger partial charge in [0.2, 0.25) is 0 Å². The molecule has 0 saturated carbocycles. The van der Waals surface area contributed by atoms with Crippen LogP contribution in [0.1, 0.15) is 58.8 Å². The third-order valence-corrected chi connectivity index (χ3v) is 2.49. The Morgan fingerprint density at radius 2 is 1.71 bits per heavy atom. The second-order valence-electron chi connectivity index (χ2n) is 4.10. The number of carbonyl (C=O) groups excluding carboxylic acids is 1. The van der Waals surface area contributed by atoms with Crippen LogP contribution < -0.4 is 0 Å². The molecule has 0 spiro atoms. The lowest BCUT2D eigenvalue weighted by molar-refractivity contribution is -0.137. The third kappa shape index (κ3) is 12.9. The van der Waals surface area contributed by atoms with E-state index in [0.29, 0.717) is 6.61 Å². The molecule has 0 heterocycles. The number of carbonyl (C=O) groups is 1. The molecular weight excluding hydrogens is 212 g/mol. The maximum Gasteiger partial charge on any atom is 0.330 e. The number of esters is 1. The highest BCUT2D eigenvalue weighted by Crippen LogP contribution is 2.07. The monoisotopic (exact) mass is 238 g/mol. The summed E-state index contributed by atoms with van der Waals surface area (Å²) < 4.78 is 4.76. The van der Waals surface area contributed by atoms with E-state index in [2.05, 4.69) is 13.0 Å². The summed E-state index contributed by atoms with van der Waals surface area (Å²) >= 11 is 0. The first-order chi connectivity index (χ1) is 8.31. The van der Waals surface area contributed by atoms with Crippen LogP contribution in [0.5, 0.6) is 0 Å². The van der Waals surface area contributed by atoms with Crippen molar-refractivity contribution in [1.82, 2.24) is 0 Å². The number of hydrogen-bond donors (Lipinski definition) is 0. The van der Waals surface area contributed by atoms with Gasteiger partial charge in [-0.2, -0.15) is 0 Å². The van der Waals surface area contributed by atoms with E-state index in [1.54, 1.807) is 13.0 Å². The van der Waals surface area contributed by atoms with E-state index in [-0.39, 0.29) is 5.97 Å². The quantitative estimate of drug-likeness (QED) is 0.244. The van der Waals surface area contributed by atoms with Crippen LogP contribution in [-0.4, -0.2) is 12.6 Å². The predicted octanol–water partition coefficient (Wildman–Crippen LogP) is 4.41. The van der Waals surface area contributed by atoms with Crippen molar-refractivity contribution in [2.45, 2.75) is 58.8 Å². The zero-order valence-corrected chi connectivity index (χ0v) is 11.3. The lowest BCUT2D eigenvalue weighted by Gasteiger charge is -1.97. The second kappa shape index (κ2) is 13.0. The van der Waals surface area contributed by atoms with Crippen molar-refractivity contribution < 1.29 is 9.53 Å². The van der Waals surface area contributed by atoms with Crippen molar-refractivity contribution in [3.05, 3.63) is 24.3 Å². The molecule has 0 bridgehead atoms. The van der Waals surface area contributed by atoms with Crippen molar-refractivity contribution in [3.63, 3.8) is 0 Å². The van der Waals surface area contributed by atoms with Gasteiger partial charge in [-0.3, -0.25) is 0 Å². The fourth-order valence-electron chi connectivity index (χ4n) is 1.54. The molecule has 0 amide bonds. The van der Waals surface area contributed by atoms with E-state index in [4.69, 9.17) is 4.74 Å². The van der Waals surface area contributed by atoms with E-state index in [1.807, 2.05) is 6.08 Å². The molecule has 0 unspecified atom stereocenters. The Bertz CT molecular complexity index is 229. The van der Waals surface area contributed by atoms with Crippen LogP contribution >= 0.6 is 0 Å². The van der Waals surface area contributed by atoms with Crippen LogP contribution in [-0.2, 0) is 9.53 Å². The molecule has 0 saturated heterocycles. The summed E-state index contributed by atoms with van der Waals surface area (Å²) in [6.45, 7) is 4.48. The standard InChI is InChI=1S/C15H26O2/c1-3-5-6-7-8-9-10-11-12-13-14-15(16)17-4-2/h11-14H,3-10H2,1-2H3. The summed E-state index contributed by atoms with van der Waals surface area (Å²) in [6.07, 6.45) is 16.3. The van der Waals surface area contributed by atoms with E-state index in [0.717, 1.165) is 6.42 Å². The Morgan fingerprint density at radius 3 is 2.41 bits per heavy atom. The molecule has 0 N–H and O–H groups in total. The Morgan fingerprint density at radius 1 is 1.00 bits per heavy atom. The molecule has 17 heavy (non-hydrogen) atoms. The van der Waals surface area contributed by atoms with Gasteiger partial charge in [0, 0.05) is 6.08 Å². The molecule has 0 aliphatic rings. The van der Waals surface area contributed by atoms with Crippen LogP contribution in [0.25, 0.3) is 0 Å². The summed E-state index contributed by atoms with van der Waals surface area (Å²) in [5.41, 5.74) is 0. The first kappa shape index (κ1) is 16.0. The number of ether oxygens (including phenoxy) is 1. The van der Waals surface area contributed by atoms with Crippen LogP contribution in [0.15, 0.2) is 24.3 Å². The average Bonchev–Trinajstić information content (AvgIpc) is 2.32. The molecular formula is C15H26O2. The molecule has 2 heteroatoms. The number of unbranched alkanes of at least 4 members (excludes halogenated alkanes) is 6.